The number of hydrogen-bond acceptors (Lipinski definition) is 4. The highest BCUT2D eigenvalue weighted by molar-refractivity contribution is 6.67. The monoisotopic (exact) mass is 293 g/mol. The number of halogens is 3. The Hall–Kier alpha value is -1.15. The molecule has 0 aliphatic heterocycles. The van der Waals surface area contributed by atoms with Gasteiger partial charge in [-0.05, 0) is 24.3 Å². The highest BCUT2D eigenvalue weighted by Crippen LogP contribution is 2.26. The number of alkyl halides is 3. The van der Waals surface area contributed by atoms with E-state index >= 15 is 0 Å². The molecule has 0 unspecified atom stereocenters. The Kier molecular flexibility index (Phi) is 4.88. The van der Waals surface area contributed by atoms with E-state index in [1.165, 1.54) is 24.3 Å². The summed E-state index contributed by atoms with van der Waals surface area (Å²) >= 11 is 16.1. The van der Waals surface area contributed by atoms with Crippen molar-refractivity contribution in [1.29, 1.82) is 5.26 Å². The van der Waals surface area contributed by atoms with Gasteiger partial charge in [0.25, 0.3) is 0 Å². The zero-order chi connectivity index (χ0) is 12.9. The van der Waals surface area contributed by atoms with Gasteiger partial charge in [-0.2, -0.15) is 5.26 Å². The van der Waals surface area contributed by atoms with E-state index in [0.29, 0.717) is 5.56 Å². The minimum atomic E-state index is -1.68. The second-order valence-corrected chi connectivity index (χ2v) is 5.41. The van der Waals surface area contributed by atoms with Crippen LogP contribution in [0, 0.1) is 11.3 Å². The highest BCUT2D eigenvalue weighted by Gasteiger charge is 2.22. The molecule has 17 heavy (non-hydrogen) atoms. The lowest BCUT2D eigenvalue weighted by atomic mass is 10.2. The number of nitrogens with zero attached hydrogens (tertiary/aromatic N) is 1. The summed E-state index contributed by atoms with van der Waals surface area (Å²) in [6.07, 6.45) is -0.985. The average molecular weight is 295 g/mol. The van der Waals surface area contributed by atoms with Crippen molar-refractivity contribution in [2.75, 3.05) is 6.61 Å². The summed E-state index contributed by atoms with van der Waals surface area (Å²) in [5, 5.41) is 8.56. The molecule has 0 aromatic heterocycles. The van der Waals surface area contributed by atoms with Crippen molar-refractivity contribution in [2.45, 2.75) is 3.79 Å². The first-order valence-electron chi connectivity index (χ1n) is 4.32. The molecule has 0 radical (unpaired) electrons. The van der Waals surface area contributed by atoms with E-state index < -0.39 is 16.6 Å². The second kappa shape index (κ2) is 5.97. The minimum Gasteiger partial charge on any atom is -0.429 e. The SMILES string of the molecule is N#Cc1ccc(OC(=O)OCC(Cl)(Cl)Cl)cc1. The standard InChI is InChI=1S/C10H6Cl3NO3/c11-10(12,13)6-16-9(15)17-8-3-1-7(5-14)2-4-8/h1-4H,6H2. The fraction of sp³-hybridized carbons (Fsp3) is 0.200. The highest BCUT2D eigenvalue weighted by atomic mass is 35.6. The largest absolute Gasteiger partial charge is 0.513 e. The van der Waals surface area contributed by atoms with Crippen LogP contribution in [-0.4, -0.2) is 16.6 Å². The minimum absolute atomic E-state index is 0.235. The first-order valence-corrected chi connectivity index (χ1v) is 5.45. The molecule has 0 saturated heterocycles. The van der Waals surface area contributed by atoms with Crippen LogP contribution in [-0.2, 0) is 4.74 Å². The number of hydrogen-bond donors (Lipinski definition) is 0. The van der Waals surface area contributed by atoms with E-state index in [2.05, 4.69) is 4.74 Å². The Bertz CT molecular complexity index is 434. The normalized spacial score (nSPS) is 10.5. The van der Waals surface area contributed by atoms with Gasteiger partial charge in [-0.1, -0.05) is 34.8 Å². The number of carbonyl (C=O) groups is 1. The van der Waals surface area contributed by atoms with Gasteiger partial charge in [0.1, 0.15) is 12.4 Å². The maximum atomic E-state index is 11.1. The van der Waals surface area contributed by atoms with Gasteiger partial charge in [0, 0.05) is 0 Å². The fourth-order valence-corrected chi connectivity index (χ4v) is 1.03. The molecule has 0 aliphatic rings. The van der Waals surface area contributed by atoms with E-state index in [9.17, 15) is 4.79 Å². The molecular formula is C10H6Cl3NO3. The van der Waals surface area contributed by atoms with Gasteiger partial charge in [-0.25, -0.2) is 4.79 Å². The Morgan fingerprint density at radius 2 is 1.88 bits per heavy atom. The van der Waals surface area contributed by atoms with Gasteiger partial charge in [0.15, 0.2) is 0 Å². The van der Waals surface area contributed by atoms with Crippen LogP contribution in [0.4, 0.5) is 4.79 Å². The molecule has 1 aromatic rings. The van der Waals surface area contributed by atoms with Crippen LogP contribution in [0.5, 0.6) is 5.75 Å². The van der Waals surface area contributed by atoms with Gasteiger partial charge >= 0.3 is 6.16 Å². The van der Waals surface area contributed by atoms with E-state index in [-0.39, 0.29) is 5.75 Å². The Labute approximate surface area is 113 Å². The number of carbonyl (C=O) groups excluding carboxylic acids is 1. The lowest BCUT2D eigenvalue weighted by molar-refractivity contribution is 0.101. The number of ether oxygens (including phenoxy) is 2. The van der Waals surface area contributed by atoms with E-state index in [1.54, 1.807) is 0 Å². The molecule has 0 amide bonds. The number of nitriles is 1. The molecule has 0 aliphatic carbocycles. The molecule has 0 heterocycles. The van der Waals surface area contributed by atoms with Crippen LogP contribution >= 0.6 is 34.8 Å². The molecule has 0 N–H and O–H groups in total. The molecule has 0 atom stereocenters. The Morgan fingerprint density at radius 1 is 1.29 bits per heavy atom. The average Bonchev–Trinajstić information content (AvgIpc) is 2.27. The molecule has 7 heteroatoms. The molecule has 0 fully saturated rings. The summed E-state index contributed by atoms with van der Waals surface area (Å²) in [4.78, 5) is 11.1. The quantitative estimate of drug-likeness (QED) is 0.476. The molecule has 0 saturated carbocycles. The van der Waals surface area contributed by atoms with Gasteiger partial charge in [-0.3, -0.25) is 0 Å². The van der Waals surface area contributed by atoms with Crippen LogP contribution in [0.1, 0.15) is 5.56 Å². The van der Waals surface area contributed by atoms with Crippen LogP contribution < -0.4 is 4.74 Å². The van der Waals surface area contributed by atoms with Crippen LogP contribution in [0.2, 0.25) is 0 Å². The van der Waals surface area contributed by atoms with Crippen LogP contribution in [0.15, 0.2) is 24.3 Å². The Morgan fingerprint density at radius 3 is 2.35 bits per heavy atom. The first-order chi connectivity index (χ1) is 7.90. The van der Waals surface area contributed by atoms with Crippen molar-refractivity contribution >= 4 is 41.0 Å². The predicted molar refractivity (Wildman–Crippen MR) is 63.4 cm³/mol. The van der Waals surface area contributed by atoms with Crippen molar-refractivity contribution in [3.63, 3.8) is 0 Å². The van der Waals surface area contributed by atoms with Gasteiger partial charge in [0.05, 0.1) is 11.6 Å². The van der Waals surface area contributed by atoms with Crippen LogP contribution in [0.25, 0.3) is 0 Å². The zero-order valence-electron chi connectivity index (χ0n) is 8.32. The topological polar surface area (TPSA) is 59.3 Å². The van der Waals surface area contributed by atoms with Crippen molar-refractivity contribution in [1.82, 2.24) is 0 Å². The van der Waals surface area contributed by atoms with E-state index in [4.69, 9.17) is 44.8 Å². The summed E-state index contributed by atoms with van der Waals surface area (Å²) in [7, 11) is 0. The van der Waals surface area contributed by atoms with Crippen LogP contribution in [0.3, 0.4) is 0 Å². The lowest BCUT2D eigenvalue weighted by Crippen LogP contribution is -2.19. The smallest absolute Gasteiger partial charge is 0.429 e. The van der Waals surface area contributed by atoms with Crippen molar-refractivity contribution in [2.24, 2.45) is 0 Å². The van der Waals surface area contributed by atoms with Gasteiger partial charge in [-0.15, -0.1) is 0 Å². The predicted octanol–water partition coefficient (Wildman–Crippen LogP) is 3.44. The second-order valence-electron chi connectivity index (χ2n) is 2.89. The third-order valence-corrected chi connectivity index (χ3v) is 1.87. The molecule has 1 rings (SSSR count). The summed E-state index contributed by atoms with van der Waals surface area (Å²) in [6, 6.07) is 7.83. The first kappa shape index (κ1) is 13.9. The number of benzene rings is 1. The maximum absolute atomic E-state index is 11.1. The Balaban J connectivity index is 2.48. The molecule has 0 bridgehead atoms. The molecule has 0 spiro atoms. The third-order valence-electron chi connectivity index (χ3n) is 1.54. The van der Waals surface area contributed by atoms with Crippen molar-refractivity contribution in [3.8, 4) is 11.8 Å². The fourth-order valence-electron chi connectivity index (χ4n) is 0.864. The van der Waals surface area contributed by atoms with E-state index in [0.717, 1.165) is 0 Å². The summed E-state index contributed by atoms with van der Waals surface area (Å²) in [5.74, 6) is 0.235. The number of rotatable bonds is 2. The van der Waals surface area contributed by atoms with Crippen molar-refractivity contribution < 1.29 is 14.3 Å². The van der Waals surface area contributed by atoms with E-state index in [1.807, 2.05) is 6.07 Å². The summed E-state index contributed by atoms with van der Waals surface area (Å²) in [5.41, 5.74) is 0.451. The summed E-state index contributed by atoms with van der Waals surface area (Å²) < 4.78 is 7.63. The molecule has 90 valence electrons. The summed E-state index contributed by atoms with van der Waals surface area (Å²) in [6.45, 7) is -0.410. The van der Waals surface area contributed by atoms with Gasteiger partial charge in [0.2, 0.25) is 3.79 Å². The maximum Gasteiger partial charge on any atom is 0.513 e. The lowest BCUT2D eigenvalue weighted by Gasteiger charge is -2.10. The molecule has 1 aromatic carbocycles. The third kappa shape index (κ3) is 5.64. The van der Waals surface area contributed by atoms with Crippen molar-refractivity contribution in [3.05, 3.63) is 29.8 Å². The molecule has 4 nitrogen and oxygen atoms in total. The molecular weight excluding hydrogens is 288 g/mol. The van der Waals surface area contributed by atoms with Gasteiger partial charge < -0.3 is 9.47 Å². The zero-order valence-corrected chi connectivity index (χ0v) is 10.6.